The van der Waals surface area contributed by atoms with Gasteiger partial charge in [-0.15, -0.1) is 13.2 Å². The van der Waals surface area contributed by atoms with Crippen LogP contribution in [0.3, 0.4) is 0 Å². The quantitative estimate of drug-likeness (QED) is 0.0998. The highest BCUT2D eigenvalue weighted by atomic mass is 14.9. The van der Waals surface area contributed by atoms with Crippen molar-refractivity contribution in [3.05, 3.63) is 218 Å². The maximum absolute atomic E-state index is 5.03. The zero-order valence-electron chi connectivity index (χ0n) is 45.6. The highest BCUT2D eigenvalue weighted by molar-refractivity contribution is 6.77. The molecule has 0 spiro atoms. The molecule has 0 unspecified atom stereocenters. The average molecular weight is 1060 g/mol. The van der Waals surface area contributed by atoms with Gasteiger partial charge in [-0.25, -0.2) is 0 Å². The Morgan fingerprint density at radius 2 is 0.430 bits per heavy atom. The van der Waals surface area contributed by atoms with Crippen LogP contribution in [0, 0.1) is 29.6 Å². The van der Waals surface area contributed by atoms with E-state index in [0.717, 1.165) is 25.7 Å². The van der Waals surface area contributed by atoms with Gasteiger partial charge in [0.05, 0.1) is 5.41 Å². The summed E-state index contributed by atoms with van der Waals surface area (Å²) in [5, 5.41) is 65.8. The number of hydrogen-bond donors (Lipinski definition) is 0. The van der Waals surface area contributed by atoms with E-state index in [1.807, 2.05) is 0 Å². The van der Waals surface area contributed by atoms with Crippen molar-refractivity contribution < 1.29 is 0 Å². The molecular weight excluding hydrogens is 1030 g/mol. The van der Waals surface area contributed by atoms with Gasteiger partial charge in [0, 0.05) is 51.2 Å². The highest BCUT2D eigenvalue weighted by Crippen LogP contribution is 2.97. The molecule has 0 aromatic heterocycles. The second-order valence-corrected chi connectivity index (χ2v) is 30.7. The third-order valence-electron chi connectivity index (χ3n) is 29.7. The standard InChI is InChI=1S/C86H29/c1-3-20-82-67-57-47-37-32-28-27-29-31-30(28)35-43-39(32)48(47)59-63-53(43)55-45(35)46-36(31)44-42-34(29)41-40-33(27)38(37)49-50(40)60-61-51(41)52(42)62-64-54(44)56(46)66-65(55)75-73(63)83(21-4-2,68(59)67)79-77(82)78-80-81(79)86(75,26-18-12-7-13-19-26)76(66)74(64)85(80,23-25-16-10-6-11-17-25)72(62)71(61)84(78,70(60)69(82)58(49)57)22-24-14-8-5-9-15-24/h3-19H,1-2,20-23H2/t82-,83+,84-,85+,86-/m1/s1. The summed E-state index contributed by atoms with van der Waals surface area (Å²) in [6.07, 6.45) is 8.56. The van der Waals surface area contributed by atoms with Crippen LogP contribution in [-0.4, -0.2) is 0 Å². The topological polar surface area (TPSA) is 0 Å². The molecule has 0 heteroatoms. The lowest BCUT2D eigenvalue weighted by Gasteiger charge is -2.63. The van der Waals surface area contributed by atoms with E-state index in [-0.39, 0.29) is 0 Å². The first kappa shape index (κ1) is 36.5. The Labute approximate surface area is 483 Å². The summed E-state index contributed by atoms with van der Waals surface area (Å²) in [6, 6.07) is 36.7. The minimum atomic E-state index is -0.563. The van der Waals surface area contributed by atoms with Gasteiger partial charge in [-0.3, -0.25) is 0 Å². The molecule has 11 aliphatic rings. The average Bonchev–Trinajstić information content (AvgIpc) is 1.38. The van der Waals surface area contributed by atoms with Crippen LogP contribution in [-0.2, 0) is 39.9 Å². The molecule has 24 aromatic carbocycles. The molecule has 0 bridgehead atoms. The predicted molar refractivity (Wildman–Crippen MR) is 353 cm³/mol. The molecule has 0 N–H and O–H groups in total. The van der Waals surface area contributed by atoms with Crippen molar-refractivity contribution in [1.29, 1.82) is 0 Å². The summed E-state index contributed by atoms with van der Waals surface area (Å²) in [4.78, 5) is 0. The largest absolute Gasteiger partial charge is 0.103 e. The van der Waals surface area contributed by atoms with Crippen molar-refractivity contribution in [3.63, 3.8) is 0 Å². The van der Waals surface area contributed by atoms with E-state index in [1.54, 1.807) is 301 Å². The molecule has 24 aromatic rings. The molecule has 0 nitrogen and oxygen atoms in total. The van der Waals surface area contributed by atoms with Crippen LogP contribution >= 0.6 is 0 Å². The molecule has 5 radical (unpaired) electrons. The molecule has 0 heterocycles. The van der Waals surface area contributed by atoms with Crippen LogP contribution in [0.25, 0.3) is 215 Å². The van der Waals surface area contributed by atoms with Crippen LogP contribution in [0.2, 0.25) is 0 Å². The molecule has 5 atom stereocenters. The van der Waals surface area contributed by atoms with Gasteiger partial charge in [0.1, 0.15) is 0 Å². The van der Waals surface area contributed by atoms with Gasteiger partial charge >= 0.3 is 0 Å². The van der Waals surface area contributed by atoms with E-state index in [0.29, 0.717) is 0 Å². The Bertz CT molecular complexity index is 7730. The zero-order chi connectivity index (χ0) is 52.8. The maximum Gasteiger partial charge on any atom is 0.0545 e. The number of benzene rings is 18. The Morgan fingerprint density at radius 1 is 0.221 bits per heavy atom. The zero-order valence-corrected chi connectivity index (χ0v) is 45.6. The molecule has 11 aliphatic carbocycles. The summed E-state index contributed by atoms with van der Waals surface area (Å²) in [7, 11) is 0. The van der Waals surface area contributed by atoms with E-state index < -0.39 is 27.1 Å². The lowest BCUT2D eigenvalue weighted by molar-refractivity contribution is 0.355. The fourth-order valence-corrected chi connectivity index (χ4v) is 29.5. The van der Waals surface area contributed by atoms with Gasteiger partial charge in [0.15, 0.2) is 0 Å². The molecule has 373 valence electrons. The van der Waals surface area contributed by atoms with E-state index >= 15 is 0 Å². The number of allylic oxidation sites excluding steroid dienone is 2. The first-order valence-electron chi connectivity index (χ1n) is 32.2. The number of hydrogen-bond acceptors (Lipinski definition) is 0. The summed E-state index contributed by atoms with van der Waals surface area (Å²) in [5.41, 5.74) is 19.2. The SMILES string of the molecule is C=CC[C@]12[C]3[C]4[C]5[C]6[C]3[C@]3(Cc7ccccc7)c7c1c1c8c2c2c9c%10c(c%11c%12c%13c(c%14c%15c%16c(c3c3c7c7c1c1c%17c8c9c8c9c%10c%12c%10c%12c%13c%15c%13c%15c%16c3c3c7c1c1c(c%178)c(c9%10)c(c%13%12)c1c3%15)[C@]6%14Cc1ccccc1)[C@]5%11c1ccccc1)[C@@]42CC=C. The van der Waals surface area contributed by atoms with Crippen molar-refractivity contribution >= 4 is 215 Å². The summed E-state index contributed by atoms with van der Waals surface area (Å²) in [6.45, 7) is 10.1. The second kappa shape index (κ2) is 9.06. The van der Waals surface area contributed by atoms with Gasteiger partial charge < -0.3 is 0 Å². The fourth-order valence-electron chi connectivity index (χ4n) is 29.5. The maximum atomic E-state index is 5.03. The normalized spacial score (nSPS) is 27.6. The highest BCUT2D eigenvalue weighted by Gasteiger charge is 2.89. The van der Waals surface area contributed by atoms with Gasteiger partial charge in [-0.05, 0) is 313 Å². The monoisotopic (exact) mass is 1060 g/mol. The Balaban J connectivity index is 1.05. The third kappa shape index (κ3) is 2.20. The van der Waals surface area contributed by atoms with Crippen LogP contribution in [0.15, 0.2) is 116 Å². The lowest BCUT2D eigenvalue weighted by atomic mass is 9.37. The molecule has 35 rings (SSSR count). The van der Waals surface area contributed by atoms with Crippen LogP contribution in [0.4, 0.5) is 0 Å². The van der Waals surface area contributed by atoms with Crippen LogP contribution < -0.4 is 0 Å². The van der Waals surface area contributed by atoms with Gasteiger partial charge in [0.25, 0.3) is 0 Å². The molecular formula is C86H29. The van der Waals surface area contributed by atoms with Crippen molar-refractivity contribution in [2.24, 2.45) is 0 Å². The van der Waals surface area contributed by atoms with Crippen molar-refractivity contribution in [3.8, 4) is 0 Å². The minimum Gasteiger partial charge on any atom is -0.103 e. The molecule has 0 aliphatic heterocycles. The van der Waals surface area contributed by atoms with Gasteiger partial charge in [-0.1, -0.05) is 103 Å². The second-order valence-electron chi connectivity index (χ2n) is 30.7. The molecule has 1 saturated carbocycles. The minimum absolute atomic E-state index is 0.449. The Kier molecular flexibility index (Phi) is 3.84. The summed E-state index contributed by atoms with van der Waals surface area (Å²) >= 11 is 0. The summed E-state index contributed by atoms with van der Waals surface area (Å²) in [5.74, 6) is 8.67. The Hall–Kier alpha value is -9.36. The van der Waals surface area contributed by atoms with Crippen LogP contribution in [0.5, 0.6) is 0 Å². The molecule has 1 fully saturated rings. The Morgan fingerprint density at radius 3 is 0.733 bits per heavy atom. The smallest absolute Gasteiger partial charge is 0.0545 e. The first-order chi connectivity index (χ1) is 42.7. The van der Waals surface area contributed by atoms with E-state index in [1.165, 1.54) is 16.7 Å². The van der Waals surface area contributed by atoms with E-state index in [9.17, 15) is 0 Å². The molecule has 86 heavy (non-hydrogen) atoms. The fraction of sp³-hybridized carbons (Fsp3) is 0.105. The predicted octanol–water partition coefficient (Wildman–Crippen LogP) is 20.3. The van der Waals surface area contributed by atoms with E-state index in [4.69, 9.17) is 13.2 Å². The van der Waals surface area contributed by atoms with Gasteiger partial charge in [-0.2, -0.15) is 0 Å². The van der Waals surface area contributed by atoms with Gasteiger partial charge in [0.2, 0.25) is 0 Å². The van der Waals surface area contributed by atoms with Crippen molar-refractivity contribution in [1.82, 2.24) is 0 Å². The van der Waals surface area contributed by atoms with Crippen molar-refractivity contribution in [2.45, 2.75) is 52.8 Å². The molecule has 0 saturated heterocycles. The summed E-state index contributed by atoms with van der Waals surface area (Å²) < 4.78 is 0. The van der Waals surface area contributed by atoms with Crippen LogP contribution in [0.1, 0.15) is 85.2 Å². The van der Waals surface area contributed by atoms with Crippen molar-refractivity contribution in [2.75, 3.05) is 0 Å². The van der Waals surface area contributed by atoms with E-state index in [2.05, 4.69) is 103 Å². The molecule has 0 amide bonds. The third-order valence-corrected chi connectivity index (χ3v) is 29.7. The first-order valence-corrected chi connectivity index (χ1v) is 32.2. The number of rotatable bonds is 9. The lowest BCUT2D eigenvalue weighted by Crippen LogP contribution is -2.60.